The average Bonchev–Trinajstić information content (AvgIpc) is 2.30. The largest absolute Gasteiger partial charge is 0.327 e. The summed E-state index contributed by atoms with van der Waals surface area (Å²) in [6.45, 7) is 2.15. The van der Waals surface area contributed by atoms with Gasteiger partial charge in [-0.3, -0.25) is 14.8 Å². The molecule has 2 aromatic heterocycles. The lowest BCUT2D eigenvalue weighted by Crippen LogP contribution is -2.22. The van der Waals surface area contributed by atoms with Gasteiger partial charge in [0.2, 0.25) is 0 Å². The molecule has 2 heterocycles. The van der Waals surface area contributed by atoms with Crippen LogP contribution in [-0.4, -0.2) is 15.0 Å². The van der Waals surface area contributed by atoms with Crippen molar-refractivity contribution in [3.05, 3.63) is 38.7 Å². The molecule has 5 heteroatoms. The van der Waals surface area contributed by atoms with Crippen LogP contribution in [-0.2, 0) is 6.42 Å². The monoisotopic (exact) mass is 233 g/mol. The van der Waals surface area contributed by atoms with Crippen molar-refractivity contribution in [2.75, 3.05) is 0 Å². The molecule has 2 N–H and O–H groups in total. The SMILES string of the molecule is CCCCCc1cnc2[nH]c(=O)[nH]c(=O)c2c1. The molecule has 0 unspecified atom stereocenters. The minimum Gasteiger partial charge on any atom is -0.291 e. The molecule has 0 saturated heterocycles. The molecule has 0 bridgehead atoms. The van der Waals surface area contributed by atoms with E-state index in [1.54, 1.807) is 12.3 Å². The van der Waals surface area contributed by atoms with Gasteiger partial charge in [0.25, 0.3) is 5.56 Å². The van der Waals surface area contributed by atoms with Crippen LogP contribution in [0.1, 0.15) is 31.7 Å². The summed E-state index contributed by atoms with van der Waals surface area (Å²) in [5, 5.41) is 0.443. The number of aryl methyl sites for hydroxylation is 1. The van der Waals surface area contributed by atoms with Crippen LogP contribution in [0.5, 0.6) is 0 Å². The third kappa shape index (κ3) is 2.61. The number of fused-ring (bicyclic) bond motifs is 1. The van der Waals surface area contributed by atoms with Crippen LogP contribution in [0.2, 0.25) is 0 Å². The standard InChI is InChI=1S/C12H15N3O2/c1-2-3-4-5-8-6-9-10(13-7-8)14-12(17)15-11(9)16/h6-7H,2-5H2,1H3,(H2,13,14,15,16,17). The predicted molar refractivity (Wildman–Crippen MR) is 66.2 cm³/mol. The second-order valence-electron chi connectivity index (χ2n) is 4.11. The normalized spacial score (nSPS) is 10.9. The number of aromatic amines is 2. The van der Waals surface area contributed by atoms with E-state index in [9.17, 15) is 9.59 Å². The molecule has 0 amide bonds. The first-order valence-electron chi connectivity index (χ1n) is 5.82. The number of pyridine rings is 1. The molecular formula is C12H15N3O2. The van der Waals surface area contributed by atoms with Gasteiger partial charge < -0.3 is 0 Å². The maximum Gasteiger partial charge on any atom is 0.327 e. The zero-order valence-corrected chi connectivity index (χ0v) is 9.75. The first kappa shape index (κ1) is 11.6. The Labute approximate surface area is 97.9 Å². The van der Waals surface area contributed by atoms with Crippen molar-refractivity contribution >= 4 is 11.0 Å². The maximum absolute atomic E-state index is 11.6. The van der Waals surface area contributed by atoms with E-state index in [2.05, 4.69) is 21.9 Å². The highest BCUT2D eigenvalue weighted by Crippen LogP contribution is 2.09. The number of hydrogen-bond acceptors (Lipinski definition) is 3. The van der Waals surface area contributed by atoms with Crippen LogP contribution in [0.4, 0.5) is 0 Å². The third-order valence-corrected chi connectivity index (χ3v) is 2.72. The average molecular weight is 233 g/mol. The van der Waals surface area contributed by atoms with Crippen molar-refractivity contribution in [1.82, 2.24) is 15.0 Å². The Morgan fingerprint density at radius 1 is 1.24 bits per heavy atom. The summed E-state index contributed by atoms with van der Waals surface area (Å²) in [4.78, 5) is 31.4. The number of nitrogens with one attached hydrogen (secondary N) is 2. The Balaban J connectivity index is 2.37. The Morgan fingerprint density at radius 3 is 2.82 bits per heavy atom. The van der Waals surface area contributed by atoms with Crippen molar-refractivity contribution in [1.29, 1.82) is 0 Å². The fourth-order valence-corrected chi connectivity index (χ4v) is 1.81. The fraction of sp³-hybridized carbons (Fsp3) is 0.417. The minimum atomic E-state index is -0.520. The van der Waals surface area contributed by atoms with Gasteiger partial charge in [0.1, 0.15) is 5.65 Å². The van der Waals surface area contributed by atoms with E-state index in [1.807, 2.05) is 0 Å². The van der Waals surface area contributed by atoms with E-state index < -0.39 is 5.69 Å². The predicted octanol–water partition coefficient (Wildman–Crippen LogP) is 1.34. The fourth-order valence-electron chi connectivity index (χ4n) is 1.81. The summed E-state index contributed by atoms with van der Waals surface area (Å²) in [6.07, 6.45) is 6.04. The van der Waals surface area contributed by atoms with Gasteiger partial charge in [-0.25, -0.2) is 9.78 Å². The quantitative estimate of drug-likeness (QED) is 0.782. The molecule has 0 aliphatic carbocycles. The highest BCUT2D eigenvalue weighted by atomic mass is 16.2. The van der Waals surface area contributed by atoms with Crippen LogP contribution < -0.4 is 11.2 Å². The Morgan fingerprint density at radius 2 is 2.06 bits per heavy atom. The van der Waals surface area contributed by atoms with Gasteiger partial charge in [-0.05, 0) is 24.5 Å². The summed E-state index contributed by atoms with van der Waals surface area (Å²) in [6, 6.07) is 1.80. The zero-order chi connectivity index (χ0) is 12.3. The topological polar surface area (TPSA) is 78.6 Å². The molecule has 0 aromatic carbocycles. The lowest BCUT2D eigenvalue weighted by Gasteiger charge is -2.01. The summed E-state index contributed by atoms with van der Waals surface area (Å²) < 4.78 is 0. The molecule has 0 aliphatic heterocycles. The summed E-state index contributed by atoms with van der Waals surface area (Å²) in [7, 11) is 0. The summed E-state index contributed by atoms with van der Waals surface area (Å²) >= 11 is 0. The first-order valence-corrected chi connectivity index (χ1v) is 5.82. The van der Waals surface area contributed by atoms with Gasteiger partial charge in [0, 0.05) is 6.20 Å². The molecular weight excluding hydrogens is 218 g/mol. The molecule has 2 rings (SSSR count). The number of hydrogen-bond donors (Lipinski definition) is 2. The van der Waals surface area contributed by atoms with E-state index in [0.29, 0.717) is 11.0 Å². The molecule has 0 fully saturated rings. The van der Waals surface area contributed by atoms with Crippen LogP contribution in [0.3, 0.4) is 0 Å². The highest BCUT2D eigenvalue weighted by Gasteiger charge is 2.03. The number of unbranched alkanes of at least 4 members (excludes halogenated alkanes) is 2. The zero-order valence-electron chi connectivity index (χ0n) is 9.75. The van der Waals surface area contributed by atoms with E-state index in [0.717, 1.165) is 24.8 Å². The van der Waals surface area contributed by atoms with Crippen molar-refractivity contribution in [2.24, 2.45) is 0 Å². The molecule has 0 aliphatic rings. The van der Waals surface area contributed by atoms with E-state index in [1.165, 1.54) is 6.42 Å². The number of H-pyrrole nitrogens is 2. The second kappa shape index (κ2) is 4.95. The lowest BCUT2D eigenvalue weighted by atomic mass is 10.1. The van der Waals surface area contributed by atoms with Gasteiger partial charge >= 0.3 is 5.69 Å². The van der Waals surface area contributed by atoms with Gasteiger partial charge in [-0.15, -0.1) is 0 Å². The number of rotatable bonds is 4. The van der Waals surface area contributed by atoms with E-state index >= 15 is 0 Å². The van der Waals surface area contributed by atoms with Crippen LogP contribution in [0.25, 0.3) is 11.0 Å². The summed E-state index contributed by atoms with van der Waals surface area (Å²) in [5.74, 6) is 0. The minimum absolute atomic E-state index is 0.345. The van der Waals surface area contributed by atoms with Crippen LogP contribution in [0.15, 0.2) is 21.9 Å². The summed E-state index contributed by atoms with van der Waals surface area (Å²) in [5.41, 5.74) is 0.476. The van der Waals surface area contributed by atoms with E-state index in [4.69, 9.17) is 0 Å². The highest BCUT2D eigenvalue weighted by molar-refractivity contribution is 5.73. The van der Waals surface area contributed by atoms with Crippen LogP contribution in [0, 0.1) is 0 Å². The first-order chi connectivity index (χ1) is 8.20. The van der Waals surface area contributed by atoms with Gasteiger partial charge in [-0.2, -0.15) is 0 Å². The van der Waals surface area contributed by atoms with Crippen molar-refractivity contribution in [3.63, 3.8) is 0 Å². The molecule has 5 nitrogen and oxygen atoms in total. The molecule has 90 valence electrons. The van der Waals surface area contributed by atoms with E-state index in [-0.39, 0.29) is 5.56 Å². The molecule has 0 atom stereocenters. The van der Waals surface area contributed by atoms with Crippen molar-refractivity contribution in [2.45, 2.75) is 32.6 Å². The smallest absolute Gasteiger partial charge is 0.291 e. The Bertz CT molecular complexity index is 627. The number of nitrogens with zero attached hydrogens (tertiary/aromatic N) is 1. The van der Waals surface area contributed by atoms with Crippen molar-refractivity contribution < 1.29 is 0 Å². The van der Waals surface area contributed by atoms with Gasteiger partial charge in [0.05, 0.1) is 5.39 Å². The van der Waals surface area contributed by atoms with Crippen molar-refractivity contribution in [3.8, 4) is 0 Å². The Hall–Kier alpha value is -1.91. The van der Waals surface area contributed by atoms with Crippen LogP contribution >= 0.6 is 0 Å². The molecule has 17 heavy (non-hydrogen) atoms. The Kier molecular flexibility index (Phi) is 3.37. The molecule has 2 aromatic rings. The van der Waals surface area contributed by atoms with Gasteiger partial charge in [0.15, 0.2) is 0 Å². The third-order valence-electron chi connectivity index (χ3n) is 2.72. The molecule has 0 saturated carbocycles. The lowest BCUT2D eigenvalue weighted by molar-refractivity contribution is 0.716. The molecule has 0 spiro atoms. The molecule has 0 radical (unpaired) electrons. The second-order valence-corrected chi connectivity index (χ2v) is 4.11. The van der Waals surface area contributed by atoms with Gasteiger partial charge in [-0.1, -0.05) is 19.8 Å². The number of aromatic nitrogens is 3. The maximum atomic E-state index is 11.6.